The summed E-state index contributed by atoms with van der Waals surface area (Å²) in [5.74, 6) is 2.19. The fourth-order valence-electron chi connectivity index (χ4n) is 2.00. The molecule has 0 radical (unpaired) electrons. The Balaban J connectivity index is 2.10. The number of anilines is 1. The zero-order valence-electron chi connectivity index (χ0n) is 10.3. The van der Waals surface area contributed by atoms with Gasteiger partial charge >= 0.3 is 0 Å². The molecule has 3 aromatic heterocycles. The Hall–Kier alpha value is -2.30. The van der Waals surface area contributed by atoms with E-state index in [-0.39, 0.29) is 0 Å². The van der Waals surface area contributed by atoms with Gasteiger partial charge in [0.15, 0.2) is 5.65 Å². The van der Waals surface area contributed by atoms with Crippen molar-refractivity contribution in [3.05, 3.63) is 41.5 Å². The van der Waals surface area contributed by atoms with Crippen molar-refractivity contribution in [1.29, 1.82) is 0 Å². The van der Waals surface area contributed by atoms with Gasteiger partial charge in [0.1, 0.15) is 17.0 Å². The molecule has 18 heavy (non-hydrogen) atoms. The minimum absolute atomic E-state index is 0.456. The number of nitrogens with zero attached hydrogens (tertiary/aromatic N) is 3. The van der Waals surface area contributed by atoms with Crippen molar-refractivity contribution in [2.45, 2.75) is 20.4 Å². The summed E-state index contributed by atoms with van der Waals surface area (Å²) in [4.78, 5) is 8.77. The van der Waals surface area contributed by atoms with Gasteiger partial charge in [-0.15, -0.1) is 0 Å². The molecule has 2 N–H and O–H groups in total. The van der Waals surface area contributed by atoms with Crippen LogP contribution in [0.25, 0.3) is 11.2 Å². The van der Waals surface area contributed by atoms with Crippen molar-refractivity contribution in [3.63, 3.8) is 0 Å². The van der Waals surface area contributed by atoms with E-state index in [4.69, 9.17) is 10.2 Å². The summed E-state index contributed by atoms with van der Waals surface area (Å²) in [6.45, 7) is 4.41. The summed E-state index contributed by atoms with van der Waals surface area (Å²) in [5, 5.41) is 0. The van der Waals surface area contributed by atoms with Crippen LogP contribution in [-0.2, 0) is 6.54 Å². The molecule has 0 atom stereocenters. The first-order chi connectivity index (χ1) is 8.63. The highest BCUT2D eigenvalue weighted by atomic mass is 16.3. The van der Waals surface area contributed by atoms with Crippen LogP contribution >= 0.6 is 0 Å². The first-order valence-corrected chi connectivity index (χ1v) is 5.78. The van der Waals surface area contributed by atoms with E-state index < -0.39 is 0 Å². The lowest BCUT2D eigenvalue weighted by molar-refractivity contribution is 0.473. The second kappa shape index (κ2) is 3.87. The average molecular weight is 242 g/mol. The monoisotopic (exact) mass is 242 g/mol. The van der Waals surface area contributed by atoms with Gasteiger partial charge in [-0.3, -0.25) is 4.57 Å². The molecule has 0 fully saturated rings. The molecule has 0 aliphatic rings. The zero-order chi connectivity index (χ0) is 12.7. The Bertz CT molecular complexity index is 711. The van der Waals surface area contributed by atoms with E-state index in [2.05, 4.69) is 9.97 Å². The molecule has 0 bridgehead atoms. The molecule has 0 aromatic carbocycles. The molecule has 3 heterocycles. The minimum atomic E-state index is 0.456. The third kappa shape index (κ3) is 1.73. The predicted molar refractivity (Wildman–Crippen MR) is 69.2 cm³/mol. The third-order valence-corrected chi connectivity index (χ3v) is 2.87. The van der Waals surface area contributed by atoms with Crippen LogP contribution in [0.3, 0.4) is 0 Å². The van der Waals surface area contributed by atoms with Gasteiger partial charge in [-0.1, -0.05) is 0 Å². The summed E-state index contributed by atoms with van der Waals surface area (Å²) in [6, 6.07) is 7.73. The summed E-state index contributed by atoms with van der Waals surface area (Å²) >= 11 is 0. The number of fused-ring (bicyclic) bond motifs is 1. The number of aromatic nitrogens is 3. The van der Waals surface area contributed by atoms with Gasteiger partial charge in [-0.2, -0.15) is 0 Å². The molecule has 3 aromatic rings. The molecule has 3 rings (SSSR count). The quantitative estimate of drug-likeness (QED) is 0.748. The molecular formula is C13H14N4O. The summed E-state index contributed by atoms with van der Waals surface area (Å²) in [7, 11) is 0. The van der Waals surface area contributed by atoms with Crippen molar-refractivity contribution < 1.29 is 4.42 Å². The number of aryl methyl sites for hydroxylation is 2. The zero-order valence-corrected chi connectivity index (χ0v) is 10.3. The van der Waals surface area contributed by atoms with Crippen LogP contribution in [0.1, 0.15) is 17.2 Å². The molecule has 0 amide bonds. The van der Waals surface area contributed by atoms with Gasteiger partial charge in [0.2, 0.25) is 5.95 Å². The number of furan rings is 1. The van der Waals surface area contributed by atoms with Crippen LogP contribution in [0.5, 0.6) is 0 Å². The van der Waals surface area contributed by atoms with Gasteiger partial charge in [0.25, 0.3) is 0 Å². The molecule has 0 aliphatic carbocycles. The fourth-order valence-corrected chi connectivity index (χ4v) is 2.00. The normalized spacial score (nSPS) is 11.2. The Kier molecular flexibility index (Phi) is 2.33. The van der Waals surface area contributed by atoms with E-state index in [0.29, 0.717) is 12.5 Å². The van der Waals surface area contributed by atoms with E-state index >= 15 is 0 Å². The Morgan fingerprint density at radius 2 is 2.00 bits per heavy atom. The molecule has 0 aliphatic heterocycles. The van der Waals surface area contributed by atoms with Crippen molar-refractivity contribution >= 4 is 17.1 Å². The lowest BCUT2D eigenvalue weighted by Crippen LogP contribution is -2.04. The molecule has 92 valence electrons. The highest BCUT2D eigenvalue weighted by molar-refractivity contribution is 5.74. The molecule has 0 spiro atoms. The van der Waals surface area contributed by atoms with E-state index in [9.17, 15) is 0 Å². The van der Waals surface area contributed by atoms with Crippen LogP contribution in [0, 0.1) is 13.8 Å². The number of rotatable bonds is 2. The second-order valence-electron chi connectivity index (χ2n) is 4.36. The first kappa shape index (κ1) is 10.8. The topological polar surface area (TPSA) is 69.9 Å². The molecule has 5 heteroatoms. The Morgan fingerprint density at radius 1 is 1.17 bits per heavy atom. The maximum absolute atomic E-state index is 5.93. The van der Waals surface area contributed by atoms with Crippen molar-refractivity contribution in [1.82, 2.24) is 14.5 Å². The van der Waals surface area contributed by atoms with Crippen molar-refractivity contribution in [2.24, 2.45) is 0 Å². The fraction of sp³-hybridized carbons (Fsp3) is 0.231. The molecular weight excluding hydrogens is 228 g/mol. The van der Waals surface area contributed by atoms with E-state index in [1.54, 1.807) is 0 Å². The maximum atomic E-state index is 5.93. The SMILES string of the molecule is Cc1ccc2nc(N)n(Cc3ccc(C)o3)c2n1. The van der Waals surface area contributed by atoms with E-state index in [1.807, 2.05) is 42.7 Å². The number of hydrogen-bond donors (Lipinski definition) is 1. The highest BCUT2D eigenvalue weighted by Crippen LogP contribution is 2.19. The minimum Gasteiger partial charge on any atom is -0.464 e. The third-order valence-electron chi connectivity index (χ3n) is 2.87. The maximum Gasteiger partial charge on any atom is 0.202 e. The van der Waals surface area contributed by atoms with Crippen LogP contribution in [0.4, 0.5) is 5.95 Å². The summed E-state index contributed by atoms with van der Waals surface area (Å²) < 4.78 is 7.42. The van der Waals surface area contributed by atoms with Gasteiger partial charge in [0.05, 0.1) is 6.54 Å². The standard InChI is InChI=1S/C13H14N4O/c1-8-3-6-11-12(15-8)17(13(14)16-11)7-10-5-4-9(2)18-10/h3-6H,7H2,1-2H3,(H2,14,16). The molecule has 0 unspecified atom stereocenters. The number of nitrogen functional groups attached to an aromatic ring is 1. The number of pyridine rings is 1. The average Bonchev–Trinajstić information content (AvgIpc) is 2.86. The smallest absolute Gasteiger partial charge is 0.202 e. The number of imidazole rings is 1. The van der Waals surface area contributed by atoms with Crippen molar-refractivity contribution in [2.75, 3.05) is 5.73 Å². The lowest BCUT2D eigenvalue weighted by atomic mass is 10.3. The predicted octanol–water partition coefficient (Wildman–Crippen LogP) is 2.27. The van der Waals surface area contributed by atoms with Gasteiger partial charge in [0, 0.05) is 5.69 Å². The highest BCUT2D eigenvalue weighted by Gasteiger charge is 2.11. The second-order valence-corrected chi connectivity index (χ2v) is 4.36. The van der Waals surface area contributed by atoms with E-state index in [0.717, 1.165) is 28.4 Å². The van der Waals surface area contributed by atoms with Crippen LogP contribution in [0.2, 0.25) is 0 Å². The molecule has 0 saturated heterocycles. The largest absolute Gasteiger partial charge is 0.464 e. The molecule has 5 nitrogen and oxygen atoms in total. The van der Waals surface area contributed by atoms with E-state index in [1.165, 1.54) is 0 Å². The van der Waals surface area contributed by atoms with Gasteiger partial charge in [-0.25, -0.2) is 9.97 Å². The van der Waals surface area contributed by atoms with Gasteiger partial charge in [-0.05, 0) is 38.1 Å². The first-order valence-electron chi connectivity index (χ1n) is 5.78. The number of nitrogens with two attached hydrogens (primary N) is 1. The Morgan fingerprint density at radius 3 is 2.72 bits per heavy atom. The summed E-state index contributed by atoms with van der Waals surface area (Å²) in [6.07, 6.45) is 0. The number of hydrogen-bond acceptors (Lipinski definition) is 4. The lowest BCUT2D eigenvalue weighted by Gasteiger charge is -2.03. The molecule has 0 saturated carbocycles. The van der Waals surface area contributed by atoms with Crippen molar-refractivity contribution in [3.8, 4) is 0 Å². The van der Waals surface area contributed by atoms with Crippen LogP contribution < -0.4 is 5.73 Å². The van der Waals surface area contributed by atoms with Gasteiger partial charge < -0.3 is 10.2 Å². The summed E-state index contributed by atoms with van der Waals surface area (Å²) in [5.41, 5.74) is 8.47. The van der Waals surface area contributed by atoms with Crippen LogP contribution in [-0.4, -0.2) is 14.5 Å². The Labute approximate surface area is 104 Å². The van der Waals surface area contributed by atoms with Crippen LogP contribution in [0.15, 0.2) is 28.7 Å².